The lowest BCUT2D eigenvalue weighted by atomic mass is 9.98. The molecule has 1 unspecified atom stereocenters. The topological polar surface area (TPSA) is 37.4 Å². The van der Waals surface area contributed by atoms with Crippen LogP contribution in [0, 0.1) is 0 Å². The Bertz CT molecular complexity index is 912. The van der Waals surface area contributed by atoms with Crippen molar-refractivity contribution in [3.8, 4) is 0 Å². The van der Waals surface area contributed by atoms with Crippen LogP contribution in [0.25, 0.3) is 10.8 Å². The van der Waals surface area contributed by atoms with Crippen LogP contribution in [0.15, 0.2) is 72.8 Å². The van der Waals surface area contributed by atoms with Gasteiger partial charge in [-0.2, -0.15) is 0 Å². The van der Waals surface area contributed by atoms with E-state index in [1.165, 1.54) is 4.90 Å². The summed E-state index contributed by atoms with van der Waals surface area (Å²) < 4.78 is 0. The number of carbonyl (C=O) groups excluding carboxylic acids is 2. The Hall–Kier alpha value is -2.94. The minimum absolute atomic E-state index is 0.0811. The third-order valence-corrected chi connectivity index (χ3v) is 4.66. The number of fused-ring (bicyclic) bond motifs is 1. The van der Waals surface area contributed by atoms with Crippen molar-refractivity contribution in [3.63, 3.8) is 0 Å². The fraction of sp³-hybridized carbons (Fsp3) is 0.143. The number of hydrogen-bond acceptors (Lipinski definition) is 2. The summed E-state index contributed by atoms with van der Waals surface area (Å²) in [6.07, 6.45) is 0.389. The van der Waals surface area contributed by atoms with Crippen molar-refractivity contribution < 1.29 is 9.59 Å². The lowest BCUT2D eigenvalue weighted by molar-refractivity contribution is -0.125. The zero-order valence-electron chi connectivity index (χ0n) is 13.2. The second kappa shape index (κ2) is 5.93. The van der Waals surface area contributed by atoms with Crippen molar-refractivity contribution >= 4 is 22.6 Å². The maximum Gasteiger partial charge on any atom is 0.261 e. The molecule has 3 heteroatoms. The number of nitrogens with zero attached hydrogens (tertiary/aromatic N) is 1. The molecule has 0 N–H and O–H groups in total. The lowest BCUT2D eigenvalue weighted by Crippen LogP contribution is -2.32. The van der Waals surface area contributed by atoms with Gasteiger partial charge in [-0.05, 0) is 22.4 Å². The molecule has 4 rings (SSSR count). The van der Waals surface area contributed by atoms with Gasteiger partial charge in [0.05, 0.1) is 0 Å². The first-order valence-electron chi connectivity index (χ1n) is 8.11. The van der Waals surface area contributed by atoms with Crippen molar-refractivity contribution in [1.82, 2.24) is 4.90 Å². The smallest absolute Gasteiger partial charge is 0.261 e. The quantitative estimate of drug-likeness (QED) is 0.670. The molecule has 3 aromatic carbocycles. The van der Waals surface area contributed by atoms with E-state index in [4.69, 9.17) is 0 Å². The fourth-order valence-corrected chi connectivity index (χ4v) is 3.41. The highest BCUT2D eigenvalue weighted by Gasteiger charge is 2.35. The molecule has 0 aliphatic carbocycles. The van der Waals surface area contributed by atoms with E-state index in [9.17, 15) is 9.59 Å². The standard InChI is InChI=1S/C21H17NO2/c23-20-13-17(15-7-2-1-3-8-15)14-22(20)21(24)19-12-6-10-16-9-4-5-11-18(16)19/h1-12,17H,13-14H2. The molecule has 0 saturated carbocycles. The maximum absolute atomic E-state index is 13.0. The van der Waals surface area contributed by atoms with Crippen LogP contribution in [0.5, 0.6) is 0 Å². The Morgan fingerprint density at radius 3 is 2.42 bits per heavy atom. The summed E-state index contributed by atoms with van der Waals surface area (Å²) in [4.78, 5) is 26.8. The molecule has 1 atom stereocenters. The molecular formula is C21H17NO2. The van der Waals surface area contributed by atoms with E-state index in [0.29, 0.717) is 18.5 Å². The van der Waals surface area contributed by atoms with Gasteiger partial charge in [-0.25, -0.2) is 0 Å². The number of hydrogen-bond donors (Lipinski definition) is 0. The van der Waals surface area contributed by atoms with Crippen molar-refractivity contribution in [2.45, 2.75) is 12.3 Å². The SMILES string of the molecule is O=C1CC(c2ccccc2)CN1C(=O)c1cccc2ccccc12. The highest BCUT2D eigenvalue weighted by molar-refractivity contribution is 6.12. The van der Waals surface area contributed by atoms with Crippen molar-refractivity contribution in [2.75, 3.05) is 6.54 Å². The van der Waals surface area contributed by atoms with Gasteiger partial charge in [-0.3, -0.25) is 14.5 Å². The Labute approximate surface area is 140 Å². The van der Waals surface area contributed by atoms with Gasteiger partial charge in [-0.1, -0.05) is 66.7 Å². The second-order valence-electron chi connectivity index (χ2n) is 6.15. The average molecular weight is 315 g/mol. The summed E-state index contributed by atoms with van der Waals surface area (Å²) in [7, 11) is 0. The van der Waals surface area contributed by atoms with Gasteiger partial charge in [0.15, 0.2) is 0 Å². The Morgan fingerprint density at radius 2 is 1.58 bits per heavy atom. The zero-order valence-corrected chi connectivity index (χ0v) is 13.2. The van der Waals surface area contributed by atoms with Gasteiger partial charge in [0, 0.05) is 24.4 Å². The largest absolute Gasteiger partial charge is 0.278 e. The predicted molar refractivity (Wildman–Crippen MR) is 93.8 cm³/mol. The number of amides is 2. The molecule has 24 heavy (non-hydrogen) atoms. The van der Waals surface area contributed by atoms with E-state index in [1.54, 1.807) is 6.07 Å². The van der Waals surface area contributed by atoms with Gasteiger partial charge < -0.3 is 0 Å². The molecular weight excluding hydrogens is 298 g/mol. The molecule has 2 amide bonds. The predicted octanol–water partition coefficient (Wildman–Crippen LogP) is 4.00. The Balaban J connectivity index is 1.66. The number of benzene rings is 3. The summed E-state index contributed by atoms with van der Waals surface area (Å²) in [6, 6.07) is 23.3. The molecule has 0 radical (unpaired) electrons. The fourth-order valence-electron chi connectivity index (χ4n) is 3.41. The van der Waals surface area contributed by atoms with E-state index < -0.39 is 0 Å². The molecule has 1 saturated heterocycles. The first-order chi connectivity index (χ1) is 11.7. The van der Waals surface area contributed by atoms with Gasteiger partial charge in [0.1, 0.15) is 0 Å². The van der Waals surface area contributed by atoms with Crippen molar-refractivity contribution in [1.29, 1.82) is 0 Å². The lowest BCUT2D eigenvalue weighted by Gasteiger charge is -2.16. The molecule has 3 aromatic rings. The van der Waals surface area contributed by atoms with Gasteiger partial charge in [0.2, 0.25) is 5.91 Å². The van der Waals surface area contributed by atoms with Gasteiger partial charge in [0.25, 0.3) is 5.91 Å². The van der Waals surface area contributed by atoms with E-state index in [0.717, 1.165) is 16.3 Å². The molecule has 1 aliphatic heterocycles. The van der Waals surface area contributed by atoms with Crippen LogP contribution in [0.2, 0.25) is 0 Å². The number of carbonyl (C=O) groups is 2. The Kier molecular flexibility index (Phi) is 3.62. The van der Waals surface area contributed by atoms with Crippen LogP contribution in [0.3, 0.4) is 0 Å². The summed E-state index contributed by atoms with van der Waals surface area (Å²) in [5, 5.41) is 1.90. The molecule has 0 aromatic heterocycles. The van der Waals surface area contributed by atoms with Gasteiger partial charge >= 0.3 is 0 Å². The third-order valence-electron chi connectivity index (χ3n) is 4.66. The van der Waals surface area contributed by atoms with E-state index in [-0.39, 0.29) is 17.7 Å². The zero-order chi connectivity index (χ0) is 16.5. The Morgan fingerprint density at radius 1 is 0.875 bits per heavy atom. The first kappa shape index (κ1) is 14.6. The van der Waals surface area contributed by atoms with E-state index >= 15 is 0 Å². The summed E-state index contributed by atoms with van der Waals surface area (Å²) in [5.41, 5.74) is 1.70. The minimum atomic E-state index is -0.199. The monoisotopic (exact) mass is 315 g/mol. The van der Waals surface area contributed by atoms with Crippen LogP contribution < -0.4 is 0 Å². The first-order valence-corrected chi connectivity index (χ1v) is 8.11. The average Bonchev–Trinajstić information content (AvgIpc) is 3.03. The normalized spacial score (nSPS) is 17.4. The van der Waals surface area contributed by atoms with Crippen LogP contribution >= 0.6 is 0 Å². The molecule has 118 valence electrons. The molecule has 3 nitrogen and oxygen atoms in total. The highest BCUT2D eigenvalue weighted by Crippen LogP contribution is 2.30. The van der Waals surface area contributed by atoms with Crippen LogP contribution in [0.4, 0.5) is 0 Å². The third kappa shape index (κ3) is 2.48. The van der Waals surface area contributed by atoms with Crippen LogP contribution in [0.1, 0.15) is 28.3 Å². The van der Waals surface area contributed by atoms with Crippen molar-refractivity contribution in [3.05, 3.63) is 83.9 Å². The molecule has 1 aliphatic rings. The van der Waals surface area contributed by atoms with E-state index in [2.05, 4.69) is 0 Å². The van der Waals surface area contributed by atoms with Gasteiger partial charge in [-0.15, -0.1) is 0 Å². The minimum Gasteiger partial charge on any atom is -0.278 e. The maximum atomic E-state index is 13.0. The summed E-state index contributed by atoms with van der Waals surface area (Å²) in [6.45, 7) is 0.449. The van der Waals surface area contributed by atoms with Crippen LogP contribution in [-0.2, 0) is 4.79 Å². The molecule has 0 spiro atoms. The van der Waals surface area contributed by atoms with Crippen LogP contribution in [-0.4, -0.2) is 23.3 Å². The summed E-state index contributed by atoms with van der Waals surface area (Å²) in [5.74, 6) is -0.213. The summed E-state index contributed by atoms with van der Waals surface area (Å²) >= 11 is 0. The molecule has 0 bridgehead atoms. The molecule has 1 fully saturated rings. The van der Waals surface area contributed by atoms with E-state index in [1.807, 2.05) is 66.7 Å². The van der Waals surface area contributed by atoms with Crippen molar-refractivity contribution in [2.24, 2.45) is 0 Å². The number of likely N-dealkylation sites (tertiary alicyclic amines) is 1. The number of imide groups is 1. The molecule has 1 heterocycles. The second-order valence-corrected chi connectivity index (χ2v) is 6.15. The highest BCUT2D eigenvalue weighted by atomic mass is 16.2. The number of rotatable bonds is 2.